The van der Waals surface area contributed by atoms with Crippen molar-refractivity contribution in [2.75, 3.05) is 13.1 Å². The molecule has 1 N–H and O–H groups in total. The number of carbonyl (C=O) groups is 2. The van der Waals surface area contributed by atoms with E-state index in [-0.39, 0.29) is 23.4 Å². The Hall–Kier alpha value is -4.36. The number of alkyl halides is 3. The minimum absolute atomic E-state index is 0.0860. The van der Waals surface area contributed by atoms with Gasteiger partial charge in [-0.2, -0.15) is 21.6 Å². The first-order valence-electron chi connectivity index (χ1n) is 15.3. The Morgan fingerprint density at radius 1 is 0.957 bits per heavy atom. The van der Waals surface area contributed by atoms with Gasteiger partial charge in [-0.1, -0.05) is 18.6 Å². The molecule has 0 spiro atoms. The van der Waals surface area contributed by atoms with E-state index in [9.17, 15) is 31.2 Å². The fourth-order valence-electron chi connectivity index (χ4n) is 6.05. The summed E-state index contributed by atoms with van der Waals surface area (Å²) in [6.07, 6.45) is -1.90. The van der Waals surface area contributed by atoms with Crippen LogP contribution in [0.2, 0.25) is 0 Å². The van der Waals surface area contributed by atoms with Gasteiger partial charge in [0.25, 0.3) is 5.91 Å². The number of amides is 1. The summed E-state index contributed by atoms with van der Waals surface area (Å²) in [5, 5.41) is 3.42. The Bertz CT molecular complexity index is 1990. The third-order valence-electron chi connectivity index (χ3n) is 8.15. The largest absolute Gasteiger partial charge is 0.443 e. The molecule has 248 valence electrons. The predicted molar refractivity (Wildman–Crippen MR) is 169 cm³/mol. The second kappa shape index (κ2) is 12.0. The maximum absolute atomic E-state index is 13.7. The highest BCUT2D eigenvalue weighted by atomic mass is 32.2. The van der Waals surface area contributed by atoms with Crippen LogP contribution in [0.15, 0.2) is 65.6 Å². The van der Waals surface area contributed by atoms with Crippen molar-refractivity contribution < 1.29 is 40.1 Å². The first-order chi connectivity index (χ1) is 22.1. The number of hydrogen-bond acceptors (Lipinski definition) is 7. The minimum atomic E-state index is -4.76. The van der Waals surface area contributed by atoms with E-state index in [1.54, 1.807) is 26.8 Å². The topological polar surface area (TPSA) is 107 Å². The summed E-state index contributed by atoms with van der Waals surface area (Å²) in [7, 11) is -4.71. The first kappa shape index (κ1) is 32.6. The van der Waals surface area contributed by atoms with Gasteiger partial charge in [0.2, 0.25) is 0 Å². The molecule has 3 heterocycles. The second-order valence-corrected chi connectivity index (χ2v) is 14.3. The molecule has 3 aromatic carbocycles. The fraction of sp³-hybridized carbons (Fsp3) is 0.353. The van der Waals surface area contributed by atoms with Crippen molar-refractivity contribution in [2.45, 2.75) is 69.8 Å². The third-order valence-corrected chi connectivity index (χ3v) is 9.38. The summed E-state index contributed by atoms with van der Waals surface area (Å²) in [4.78, 5) is 28.6. The smallest absolute Gasteiger partial charge is 0.419 e. The lowest BCUT2D eigenvalue weighted by Gasteiger charge is -2.26. The maximum Gasteiger partial charge on any atom is 0.419 e. The van der Waals surface area contributed by atoms with Crippen LogP contribution < -0.4 is 9.50 Å². The van der Waals surface area contributed by atoms with Crippen molar-refractivity contribution >= 4 is 33.0 Å². The number of carbonyl (C=O) groups excluding carboxylic acids is 2. The van der Waals surface area contributed by atoms with Crippen molar-refractivity contribution in [3.63, 3.8) is 0 Å². The van der Waals surface area contributed by atoms with E-state index in [0.29, 0.717) is 22.8 Å². The van der Waals surface area contributed by atoms with Crippen molar-refractivity contribution in [3.8, 4) is 17.0 Å². The molecule has 9 nitrogen and oxygen atoms in total. The molecule has 1 saturated heterocycles. The fourth-order valence-corrected chi connectivity index (χ4v) is 7.05. The predicted octanol–water partition coefficient (Wildman–Crippen LogP) is 7.11. The van der Waals surface area contributed by atoms with Crippen LogP contribution in [0, 0.1) is 0 Å². The molecular weight excluding hydrogens is 635 g/mol. The van der Waals surface area contributed by atoms with Crippen LogP contribution in [0.25, 0.3) is 22.2 Å². The van der Waals surface area contributed by atoms with Gasteiger partial charge in [0, 0.05) is 29.6 Å². The molecule has 0 radical (unpaired) electrons. The highest BCUT2D eigenvalue weighted by Crippen LogP contribution is 2.39. The van der Waals surface area contributed by atoms with E-state index in [0.717, 1.165) is 61.6 Å². The van der Waals surface area contributed by atoms with E-state index in [1.165, 1.54) is 23.1 Å². The number of rotatable bonds is 6. The molecule has 13 heteroatoms. The van der Waals surface area contributed by atoms with Crippen LogP contribution in [0.4, 0.5) is 18.0 Å². The Balaban J connectivity index is 1.43. The van der Waals surface area contributed by atoms with E-state index in [4.69, 9.17) is 8.92 Å². The zero-order chi connectivity index (χ0) is 33.7. The zero-order valence-corrected chi connectivity index (χ0v) is 26.9. The van der Waals surface area contributed by atoms with Gasteiger partial charge in [-0.25, -0.2) is 9.36 Å². The standard InChI is InChI=1S/C34H34F3N3O6S/c1-33(2,3)45-32(42)40-27-12-10-21(20-39-14-5-4-6-15-39)16-22(27)17-28(40)25-11-13-29(26-19-38-31(41)30(25)26)46-47(43,44)24-9-7-8-23(18-24)34(35,36)37/h7-13,16-18H,4-6,14-15,19-20H2,1-3H3,(H,38,41). The lowest BCUT2D eigenvalue weighted by molar-refractivity contribution is -0.137. The quantitative estimate of drug-likeness (QED) is 0.218. The Kier molecular flexibility index (Phi) is 8.33. The Morgan fingerprint density at radius 3 is 2.40 bits per heavy atom. The number of aromatic nitrogens is 1. The van der Waals surface area contributed by atoms with Gasteiger partial charge in [0.05, 0.1) is 22.3 Å². The second-order valence-electron chi connectivity index (χ2n) is 12.8. The van der Waals surface area contributed by atoms with Crippen molar-refractivity contribution in [2.24, 2.45) is 0 Å². The Morgan fingerprint density at radius 2 is 1.70 bits per heavy atom. The van der Waals surface area contributed by atoms with E-state index < -0.39 is 44.4 Å². The van der Waals surface area contributed by atoms with Crippen molar-refractivity contribution in [3.05, 3.63) is 82.9 Å². The van der Waals surface area contributed by atoms with Gasteiger partial charge in [-0.05, 0) is 101 Å². The monoisotopic (exact) mass is 669 g/mol. The number of likely N-dealkylation sites (tertiary alicyclic amines) is 1. The van der Waals surface area contributed by atoms with Crippen LogP contribution in [-0.2, 0) is 34.1 Å². The van der Waals surface area contributed by atoms with Gasteiger partial charge in [0.1, 0.15) is 16.2 Å². The van der Waals surface area contributed by atoms with E-state index in [1.807, 2.05) is 18.2 Å². The number of benzene rings is 3. The molecule has 2 aliphatic rings. The van der Waals surface area contributed by atoms with Crippen LogP contribution in [0.3, 0.4) is 0 Å². The van der Waals surface area contributed by atoms with E-state index >= 15 is 0 Å². The van der Waals surface area contributed by atoms with Crippen LogP contribution in [0.1, 0.15) is 67.1 Å². The van der Waals surface area contributed by atoms with Gasteiger partial charge in [0.15, 0.2) is 0 Å². The molecule has 1 amide bonds. The summed E-state index contributed by atoms with van der Waals surface area (Å²) in [6, 6.07) is 13.6. The molecule has 0 atom stereocenters. The highest BCUT2D eigenvalue weighted by Gasteiger charge is 2.34. The number of ether oxygens (including phenoxy) is 1. The number of nitrogens with zero attached hydrogens (tertiary/aromatic N) is 2. The SMILES string of the molecule is CC(C)(C)OC(=O)n1c(-c2ccc(OS(=O)(=O)c3cccc(C(F)(F)F)c3)c3c2C(=O)NC3)cc2cc(CN3CCCCC3)ccc21. The number of fused-ring (bicyclic) bond motifs is 2. The summed E-state index contributed by atoms with van der Waals surface area (Å²) in [6.45, 7) is 7.93. The molecule has 4 aromatic rings. The number of piperidine rings is 1. The van der Waals surface area contributed by atoms with Crippen LogP contribution in [-0.4, -0.2) is 48.6 Å². The number of halogens is 3. The molecule has 2 aliphatic heterocycles. The molecule has 6 rings (SSSR count). The third kappa shape index (κ3) is 6.72. The molecule has 1 fully saturated rings. The van der Waals surface area contributed by atoms with Gasteiger partial charge in [-0.15, -0.1) is 0 Å². The molecule has 0 unspecified atom stereocenters. The molecule has 1 aromatic heterocycles. The van der Waals surface area contributed by atoms with Gasteiger partial charge in [-0.3, -0.25) is 9.69 Å². The summed E-state index contributed by atoms with van der Waals surface area (Å²) >= 11 is 0. The molecule has 0 saturated carbocycles. The lowest BCUT2D eigenvalue weighted by Crippen LogP contribution is -2.29. The summed E-state index contributed by atoms with van der Waals surface area (Å²) < 4.78 is 78.6. The summed E-state index contributed by atoms with van der Waals surface area (Å²) in [5.41, 5.74) is 0.623. The molecule has 0 bridgehead atoms. The van der Waals surface area contributed by atoms with Gasteiger partial charge < -0.3 is 14.2 Å². The van der Waals surface area contributed by atoms with Crippen LogP contribution >= 0.6 is 0 Å². The number of nitrogens with one attached hydrogen (secondary N) is 1. The molecule has 47 heavy (non-hydrogen) atoms. The number of hydrogen-bond donors (Lipinski definition) is 1. The summed E-state index contributed by atoms with van der Waals surface area (Å²) in [5.74, 6) is -0.744. The van der Waals surface area contributed by atoms with Gasteiger partial charge >= 0.3 is 22.4 Å². The average molecular weight is 670 g/mol. The lowest BCUT2D eigenvalue weighted by atomic mass is 9.99. The minimum Gasteiger partial charge on any atom is -0.443 e. The molecule has 0 aliphatic carbocycles. The maximum atomic E-state index is 13.7. The normalized spacial score (nSPS) is 15.8. The highest BCUT2D eigenvalue weighted by molar-refractivity contribution is 7.87. The van der Waals surface area contributed by atoms with Crippen molar-refractivity contribution in [1.29, 1.82) is 0 Å². The molecular formula is C34H34F3N3O6S. The first-order valence-corrected chi connectivity index (χ1v) is 16.7. The van der Waals surface area contributed by atoms with Crippen LogP contribution in [0.5, 0.6) is 5.75 Å². The van der Waals surface area contributed by atoms with E-state index in [2.05, 4.69) is 10.2 Å². The Labute approximate surface area is 270 Å². The zero-order valence-electron chi connectivity index (χ0n) is 26.1. The average Bonchev–Trinajstić information content (AvgIpc) is 3.58. The van der Waals surface area contributed by atoms with Crippen molar-refractivity contribution in [1.82, 2.24) is 14.8 Å².